The molecule has 1 aromatic rings. The zero-order valence-corrected chi connectivity index (χ0v) is 11.3. The smallest absolute Gasteiger partial charge is 0.374 e. The highest BCUT2D eigenvalue weighted by atomic mass is 32.2. The van der Waals surface area contributed by atoms with Gasteiger partial charge in [-0.2, -0.15) is 0 Å². The number of carbonyl (C=O) groups excluding carboxylic acids is 1. The molecule has 0 aromatic heterocycles. The Bertz CT molecular complexity index is 571. The first-order valence-corrected chi connectivity index (χ1v) is 6.88. The Labute approximate surface area is 113 Å². The molecular weight excluding hydrogens is 268 g/mol. The topological polar surface area (TPSA) is 86.7 Å². The fourth-order valence-electron chi connectivity index (χ4n) is 2.11. The number of aliphatic hydroxyl groups excluding tert-OH is 1. The number of carbonyl (C=O) groups is 1. The van der Waals surface area contributed by atoms with Gasteiger partial charge in [-0.1, -0.05) is 35.3 Å². The molecule has 1 atom stereocenters. The Hall–Kier alpha value is -1.66. The second-order valence-electron chi connectivity index (χ2n) is 4.77. The third kappa shape index (κ3) is 2.69. The van der Waals surface area contributed by atoms with Crippen LogP contribution in [-0.2, 0) is 26.4 Å². The highest BCUT2D eigenvalue weighted by Crippen LogP contribution is 2.38. The Kier molecular flexibility index (Phi) is 3.47. The van der Waals surface area contributed by atoms with Crippen molar-refractivity contribution in [1.82, 2.24) is 0 Å². The zero-order chi connectivity index (χ0) is 14.2. The van der Waals surface area contributed by atoms with Crippen molar-refractivity contribution >= 4 is 22.6 Å². The Morgan fingerprint density at radius 1 is 1.32 bits per heavy atom. The summed E-state index contributed by atoms with van der Waals surface area (Å²) in [6.07, 6.45) is 0. The van der Waals surface area contributed by atoms with Crippen LogP contribution in [0.15, 0.2) is 30.0 Å². The van der Waals surface area contributed by atoms with E-state index < -0.39 is 28.4 Å². The van der Waals surface area contributed by atoms with Gasteiger partial charge < -0.3 is 14.4 Å². The summed E-state index contributed by atoms with van der Waals surface area (Å²) < 4.78 is 26.2. The highest BCUT2D eigenvalue weighted by molar-refractivity contribution is 7.78. The molecular formula is C13H13O5S-. The number of cyclic esters (lactones) is 1. The van der Waals surface area contributed by atoms with Crippen molar-refractivity contribution in [3.05, 3.63) is 41.2 Å². The van der Waals surface area contributed by atoms with E-state index in [9.17, 15) is 18.7 Å². The summed E-state index contributed by atoms with van der Waals surface area (Å²) in [7, 11) is 0. The van der Waals surface area contributed by atoms with Crippen LogP contribution < -0.4 is 0 Å². The van der Waals surface area contributed by atoms with Gasteiger partial charge in [0, 0.05) is 5.75 Å². The van der Waals surface area contributed by atoms with Crippen LogP contribution in [-0.4, -0.2) is 25.4 Å². The Morgan fingerprint density at radius 2 is 1.89 bits per heavy atom. The van der Waals surface area contributed by atoms with E-state index in [0.717, 1.165) is 0 Å². The van der Waals surface area contributed by atoms with Gasteiger partial charge in [-0.15, -0.1) is 0 Å². The molecule has 1 heterocycles. The standard InChI is InChI=1S/C13H14O5S/c1-13(2)10(11(14)12(15)18-13)9-5-3-8(4-6-9)7-19(16)17/h3-6,14H,7H2,1-2H3,(H,16,17)/p-1. The Morgan fingerprint density at radius 3 is 2.32 bits per heavy atom. The van der Waals surface area contributed by atoms with Gasteiger partial charge in [0.25, 0.3) is 0 Å². The van der Waals surface area contributed by atoms with Crippen LogP contribution in [0.1, 0.15) is 25.0 Å². The predicted octanol–water partition coefficient (Wildman–Crippen LogP) is 1.67. The molecule has 0 fully saturated rings. The maximum atomic E-state index is 11.4. The molecule has 0 spiro atoms. The van der Waals surface area contributed by atoms with Crippen molar-refractivity contribution in [3.8, 4) is 0 Å². The van der Waals surface area contributed by atoms with Crippen molar-refractivity contribution in [2.75, 3.05) is 0 Å². The average Bonchev–Trinajstić information content (AvgIpc) is 2.49. The van der Waals surface area contributed by atoms with Gasteiger partial charge in [-0.25, -0.2) is 4.79 Å². The van der Waals surface area contributed by atoms with E-state index in [-0.39, 0.29) is 5.75 Å². The molecule has 1 aromatic carbocycles. The second kappa shape index (κ2) is 4.79. The quantitative estimate of drug-likeness (QED) is 0.672. The van der Waals surface area contributed by atoms with Crippen LogP contribution in [0.2, 0.25) is 0 Å². The van der Waals surface area contributed by atoms with E-state index in [1.54, 1.807) is 38.1 Å². The second-order valence-corrected chi connectivity index (χ2v) is 5.66. The van der Waals surface area contributed by atoms with Crippen molar-refractivity contribution in [2.24, 2.45) is 0 Å². The first-order valence-electron chi connectivity index (χ1n) is 5.63. The zero-order valence-electron chi connectivity index (χ0n) is 10.5. The first-order chi connectivity index (χ1) is 8.81. The van der Waals surface area contributed by atoms with Crippen LogP contribution in [0.25, 0.3) is 5.57 Å². The van der Waals surface area contributed by atoms with Crippen LogP contribution >= 0.6 is 0 Å². The number of esters is 1. The first kappa shape index (κ1) is 13.8. The van der Waals surface area contributed by atoms with Crippen LogP contribution in [0.5, 0.6) is 0 Å². The summed E-state index contributed by atoms with van der Waals surface area (Å²) in [5.74, 6) is -1.21. The van der Waals surface area contributed by atoms with Crippen molar-refractivity contribution in [3.63, 3.8) is 0 Å². The summed E-state index contributed by atoms with van der Waals surface area (Å²) >= 11 is -2.14. The predicted molar refractivity (Wildman–Crippen MR) is 68.8 cm³/mol. The molecule has 0 aliphatic carbocycles. The van der Waals surface area contributed by atoms with Crippen LogP contribution in [0.3, 0.4) is 0 Å². The van der Waals surface area contributed by atoms with E-state index in [4.69, 9.17) is 4.74 Å². The molecule has 0 saturated carbocycles. The summed E-state index contributed by atoms with van der Waals surface area (Å²) in [4.78, 5) is 11.4. The molecule has 1 aliphatic heterocycles. The van der Waals surface area contributed by atoms with E-state index in [2.05, 4.69) is 0 Å². The summed E-state index contributed by atoms with van der Waals surface area (Å²) in [6.45, 7) is 3.37. The lowest BCUT2D eigenvalue weighted by Crippen LogP contribution is -2.22. The van der Waals surface area contributed by atoms with E-state index >= 15 is 0 Å². The van der Waals surface area contributed by atoms with Gasteiger partial charge in [0.15, 0.2) is 0 Å². The largest absolute Gasteiger partial charge is 0.772 e. The molecule has 0 radical (unpaired) electrons. The molecule has 102 valence electrons. The molecule has 1 unspecified atom stereocenters. The molecule has 1 aliphatic rings. The number of rotatable bonds is 3. The third-order valence-corrected chi connectivity index (χ3v) is 3.48. The number of benzene rings is 1. The van der Waals surface area contributed by atoms with Gasteiger partial charge in [-0.3, -0.25) is 4.21 Å². The van der Waals surface area contributed by atoms with Crippen molar-refractivity contribution in [2.45, 2.75) is 25.2 Å². The van der Waals surface area contributed by atoms with E-state index in [0.29, 0.717) is 16.7 Å². The van der Waals surface area contributed by atoms with E-state index in [1.807, 2.05) is 0 Å². The SMILES string of the molecule is CC1(C)OC(=O)C(O)=C1c1ccc(CS(=O)[O-])cc1. The summed E-state index contributed by atoms with van der Waals surface area (Å²) in [5, 5.41) is 9.77. The molecule has 19 heavy (non-hydrogen) atoms. The maximum Gasteiger partial charge on any atom is 0.374 e. The third-order valence-electron chi connectivity index (χ3n) is 2.91. The summed E-state index contributed by atoms with van der Waals surface area (Å²) in [5.41, 5.74) is 0.783. The summed E-state index contributed by atoms with van der Waals surface area (Å²) in [6, 6.07) is 6.61. The molecule has 2 rings (SSSR count). The minimum absolute atomic E-state index is 0.0653. The van der Waals surface area contributed by atoms with Crippen LogP contribution in [0, 0.1) is 0 Å². The van der Waals surface area contributed by atoms with Gasteiger partial charge in [0.2, 0.25) is 5.76 Å². The normalized spacial score (nSPS) is 19.4. The monoisotopic (exact) mass is 281 g/mol. The van der Waals surface area contributed by atoms with Gasteiger partial charge >= 0.3 is 5.97 Å². The lowest BCUT2D eigenvalue weighted by Gasteiger charge is -2.21. The fraction of sp³-hybridized carbons (Fsp3) is 0.308. The average molecular weight is 281 g/mol. The Balaban J connectivity index is 2.37. The minimum atomic E-state index is -2.14. The molecule has 1 N–H and O–H groups in total. The lowest BCUT2D eigenvalue weighted by atomic mass is 9.91. The number of hydrogen-bond acceptors (Lipinski definition) is 5. The van der Waals surface area contributed by atoms with Gasteiger partial charge in [0.05, 0.1) is 5.57 Å². The lowest BCUT2D eigenvalue weighted by molar-refractivity contribution is -0.146. The highest BCUT2D eigenvalue weighted by Gasteiger charge is 2.41. The van der Waals surface area contributed by atoms with E-state index in [1.165, 1.54) is 0 Å². The number of hydrogen-bond donors (Lipinski definition) is 1. The fourth-order valence-corrected chi connectivity index (χ4v) is 2.57. The molecule has 0 amide bonds. The molecule has 0 bridgehead atoms. The van der Waals surface area contributed by atoms with Gasteiger partial charge in [0.1, 0.15) is 5.60 Å². The van der Waals surface area contributed by atoms with Crippen molar-refractivity contribution < 1.29 is 23.4 Å². The molecule has 6 heteroatoms. The van der Waals surface area contributed by atoms with Crippen molar-refractivity contribution in [1.29, 1.82) is 0 Å². The minimum Gasteiger partial charge on any atom is -0.772 e. The van der Waals surface area contributed by atoms with Gasteiger partial charge in [-0.05, 0) is 25.0 Å². The molecule has 5 nitrogen and oxygen atoms in total. The number of ether oxygens (including phenoxy) is 1. The molecule has 0 saturated heterocycles. The number of aliphatic hydroxyl groups is 1. The van der Waals surface area contributed by atoms with Crippen LogP contribution in [0.4, 0.5) is 0 Å². The maximum absolute atomic E-state index is 11.4.